The van der Waals surface area contributed by atoms with Crippen LogP contribution < -0.4 is 10.1 Å². The van der Waals surface area contributed by atoms with Crippen LogP contribution in [-0.4, -0.2) is 25.4 Å². The Morgan fingerprint density at radius 3 is 2.94 bits per heavy atom. The summed E-state index contributed by atoms with van der Waals surface area (Å²) in [6.07, 6.45) is 0.952. The standard InChI is InChI=1S/C13H19NO2/c1-3-14-13-10(8-15)6-9-4-5-11(16-2)7-12(9)13/h4-5,7,10,13-15H,3,6,8H2,1-2H3. The molecule has 2 atom stereocenters. The van der Waals surface area contributed by atoms with Gasteiger partial charge in [0.2, 0.25) is 0 Å². The molecule has 0 heterocycles. The predicted molar refractivity (Wildman–Crippen MR) is 63.7 cm³/mol. The summed E-state index contributed by atoms with van der Waals surface area (Å²) in [5, 5.41) is 12.8. The Kier molecular flexibility index (Phi) is 3.46. The summed E-state index contributed by atoms with van der Waals surface area (Å²) in [5.41, 5.74) is 2.60. The van der Waals surface area contributed by atoms with Crippen molar-refractivity contribution in [1.82, 2.24) is 5.32 Å². The third kappa shape index (κ3) is 1.93. The molecule has 1 aromatic rings. The molecule has 1 aromatic carbocycles. The molecule has 0 aliphatic heterocycles. The fourth-order valence-corrected chi connectivity index (χ4v) is 2.50. The number of fused-ring (bicyclic) bond motifs is 1. The molecule has 0 saturated heterocycles. The first-order valence-corrected chi connectivity index (χ1v) is 5.81. The Morgan fingerprint density at radius 2 is 2.31 bits per heavy atom. The van der Waals surface area contributed by atoms with E-state index in [2.05, 4.69) is 24.4 Å². The van der Waals surface area contributed by atoms with Crippen molar-refractivity contribution >= 4 is 0 Å². The smallest absolute Gasteiger partial charge is 0.119 e. The number of ether oxygens (including phenoxy) is 1. The first-order valence-electron chi connectivity index (χ1n) is 5.81. The number of aliphatic hydroxyl groups excluding tert-OH is 1. The average Bonchev–Trinajstić information content (AvgIpc) is 2.67. The summed E-state index contributed by atoms with van der Waals surface area (Å²) >= 11 is 0. The number of hydrogen-bond acceptors (Lipinski definition) is 3. The lowest BCUT2D eigenvalue weighted by Crippen LogP contribution is -2.27. The van der Waals surface area contributed by atoms with Crippen LogP contribution in [0.3, 0.4) is 0 Å². The second kappa shape index (κ2) is 4.85. The van der Waals surface area contributed by atoms with Gasteiger partial charge in [-0.05, 0) is 36.2 Å². The highest BCUT2D eigenvalue weighted by Crippen LogP contribution is 2.37. The number of methoxy groups -OCH3 is 1. The van der Waals surface area contributed by atoms with Crippen molar-refractivity contribution in [2.24, 2.45) is 5.92 Å². The maximum absolute atomic E-state index is 9.39. The lowest BCUT2D eigenvalue weighted by Gasteiger charge is -2.19. The van der Waals surface area contributed by atoms with Crippen molar-refractivity contribution in [2.75, 3.05) is 20.3 Å². The van der Waals surface area contributed by atoms with Gasteiger partial charge in [-0.3, -0.25) is 0 Å². The summed E-state index contributed by atoms with van der Waals surface area (Å²) < 4.78 is 5.24. The lowest BCUT2D eigenvalue weighted by molar-refractivity contribution is 0.200. The van der Waals surface area contributed by atoms with E-state index < -0.39 is 0 Å². The molecule has 16 heavy (non-hydrogen) atoms. The van der Waals surface area contributed by atoms with Crippen LogP contribution >= 0.6 is 0 Å². The van der Waals surface area contributed by atoms with Gasteiger partial charge >= 0.3 is 0 Å². The Morgan fingerprint density at radius 1 is 1.50 bits per heavy atom. The van der Waals surface area contributed by atoms with Crippen LogP contribution in [0.5, 0.6) is 5.75 Å². The summed E-state index contributed by atoms with van der Waals surface area (Å²) in [6.45, 7) is 3.24. The molecule has 3 heteroatoms. The number of aliphatic hydroxyl groups is 1. The molecule has 88 valence electrons. The number of hydrogen-bond donors (Lipinski definition) is 2. The topological polar surface area (TPSA) is 41.5 Å². The predicted octanol–water partition coefficient (Wildman–Crippen LogP) is 1.51. The first kappa shape index (κ1) is 11.4. The van der Waals surface area contributed by atoms with E-state index in [1.165, 1.54) is 11.1 Å². The Hall–Kier alpha value is -1.06. The molecule has 1 aliphatic rings. The average molecular weight is 221 g/mol. The normalized spacial score (nSPS) is 23.2. The molecule has 0 fully saturated rings. The van der Waals surface area contributed by atoms with Crippen LogP contribution in [0.4, 0.5) is 0 Å². The Bertz CT molecular complexity index is 365. The van der Waals surface area contributed by atoms with Crippen molar-refractivity contribution in [2.45, 2.75) is 19.4 Å². The molecule has 0 radical (unpaired) electrons. The zero-order chi connectivity index (χ0) is 11.5. The number of rotatable bonds is 4. The highest BCUT2D eigenvalue weighted by molar-refractivity contribution is 5.41. The van der Waals surface area contributed by atoms with Crippen LogP contribution in [0.15, 0.2) is 18.2 Å². The molecular formula is C13H19NO2. The van der Waals surface area contributed by atoms with Gasteiger partial charge in [-0.15, -0.1) is 0 Å². The highest BCUT2D eigenvalue weighted by atomic mass is 16.5. The van der Waals surface area contributed by atoms with Crippen LogP contribution in [-0.2, 0) is 6.42 Å². The van der Waals surface area contributed by atoms with Crippen LogP contribution in [0.1, 0.15) is 24.1 Å². The van der Waals surface area contributed by atoms with Gasteiger partial charge in [-0.1, -0.05) is 13.0 Å². The van der Waals surface area contributed by atoms with Gasteiger partial charge in [-0.2, -0.15) is 0 Å². The molecule has 3 nitrogen and oxygen atoms in total. The monoisotopic (exact) mass is 221 g/mol. The van der Waals surface area contributed by atoms with Crippen molar-refractivity contribution in [3.05, 3.63) is 29.3 Å². The molecule has 0 saturated carbocycles. The summed E-state index contributed by atoms with van der Waals surface area (Å²) in [4.78, 5) is 0. The molecule has 0 aromatic heterocycles. The van der Waals surface area contributed by atoms with E-state index in [0.29, 0.717) is 5.92 Å². The van der Waals surface area contributed by atoms with Gasteiger partial charge in [0, 0.05) is 18.6 Å². The van der Waals surface area contributed by atoms with Crippen LogP contribution in [0.2, 0.25) is 0 Å². The molecule has 2 N–H and O–H groups in total. The third-order valence-corrected chi connectivity index (χ3v) is 3.30. The summed E-state index contributed by atoms with van der Waals surface area (Å²) in [7, 11) is 1.68. The van der Waals surface area contributed by atoms with Crippen molar-refractivity contribution in [3.8, 4) is 5.75 Å². The summed E-state index contributed by atoms with van der Waals surface area (Å²) in [6, 6.07) is 6.44. The SMILES string of the molecule is CCNC1c2cc(OC)ccc2CC1CO. The maximum Gasteiger partial charge on any atom is 0.119 e. The van der Waals surface area contributed by atoms with E-state index in [1.807, 2.05) is 6.07 Å². The van der Waals surface area contributed by atoms with Crippen LogP contribution in [0.25, 0.3) is 0 Å². The van der Waals surface area contributed by atoms with E-state index >= 15 is 0 Å². The lowest BCUT2D eigenvalue weighted by atomic mass is 10.0. The van der Waals surface area contributed by atoms with Gasteiger partial charge in [0.25, 0.3) is 0 Å². The number of nitrogens with one attached hydrogen (secondary N) is 1. The highest BCUT2D eigenvalue weighted by Gasteiger charge is 2.31. The zero-order valence-corrected chi connectivity index (χ0v) is 9.86. The third-order valence-electron chi connectivity index (χ3n) is 3.30. The van der Waals surface area contributed by atoms with E-state index in [0.717, 1.165) is 18.7 Å². The minimum absolute atomic E-state index is 0.231. The fraction of sp³-hybridized carbons (Fsp3) is 0.538. The molecule has 0 spiro atoms. The quantitative estimate of drug-likeness (QED) is 0.809. The van der Waals surface area contributed by atoms with Gasteiger partial charge in [-0.25, -0.2) is 0 Å². The Labute approximate surface area is 96.4 Å². The minimum atomic E-state index is 0.231. The fourth-order valence-electron chi connectivity index (χ4n) is 2.50. The van der Waals surface area contributed by atoms with Gasteiger partial charge < -0.3 is 15.2 Å². The van der Waals surface area contributed by atoms with Gasteiger partial charge in [0.1, 0.15) is 5.75 Å². The zero-order valence-electron chi connectivity index (χ0n) is 9.86. The maximum atomic E-state index is 9.39. The molecule has 2 rings (SSSR count). The number of benzene rings is 1. The van der Waals surface area contributed by atoms with Crippen LogP contribution in [0, 0.1) is 5.92 Å². The molecule has 0 amide bonds. The second-order valence-corrected chi connectivity index (χ2v) is 4.25. The van der Waals surface area contributed by atoms with E-state index in [-0.39, 0.29) is 12.6 Å². The van der Waals surface area contributed by atoms with Gasteiger partial charge in [0.05, 0.1) is 7.11 Å². The molecule has 0 bridgehead atoms. The first-order chi connectivity index (χ1) is 7.80. The van der Waals surface area contributed by atoms with E-state index in [4.69, 9.17) is 4.74 Å². The molecule has 2 unspecified atom stereocenters. The van der Waals surface area contributed by atoms with Crippen molar-refractivity contribution < 1.29 is 9.84 Å². The minimum Gasteiger partial charge on any atom is -0.497 e. The Balaban J connectivity index is 2.31. The van der Waals surface area contributed by atoms with Gasteiger partial charge in [0.15, 0.2) is 0 Å². The largest absolute Gasteiger partial charge is 0.497 e. The van der Waals surface area contributed by atoms with E-state index in [1.54, 1.807) is 7.11 Å². The molecular weight excluding hydrogens is 202 g/mol. The summed E-state index contributed by atoms with van der Waals surface area (Å²) in [5.74, 6) is 1.18. The van der Waals surface area contributed by atoms with Crippen molar-refractivity contribution in [1.29, 1.82) is 0 Å². The van der Waals surface area contributed by atoms with Crippen molar-refractivity contribution in [3.63, 3.8) is 0 Å². The van der Waals surface area contributed by atoms with E-state index in [9.17, 15) is 5.11 Å². The second-order valence-electron chi connectivity index (χ2n) is 4.25. The molecule has 1 aliphatic carbocycles.